The molecule has 0 bridgehead atoms. The van der Waals surface area contributed by atoms with Gasteiger partial charge in [0.25, 0.3) is 0 Å². The van der Waals surface area contributed by atoms with E-state index in [1.54, 1.807) is 35.0 Å². The fourth-order valence-corrected chi connectivity index (χ4v) is 2.67. The molecule has 4 aromatic rings. The lowest BCUT2D eigenvalue weighted by atomic mass is 10.1. The first-order valence-corrected chi connectivity index (χ1v) is 8.08. The molecule has 26 heavy (non-hydrogen) atoms. The summed E-state index contributed by atoms with van der Waals surface area (Å²) >= 11 is 0. The number of fused-ring (bicyclic) bond motifs is 1. The smallest absolute Gasteiger partial charge is 0.306 e. The molecule has 0 amide bonds. The van der Waals surface area contributed by atoms with Gasteiger partial charge in [-0.2, -0.15) is 4.98 Å². The third kappa shape index (κ3) is 2.91. The van der Waals surface area contributed by atoms with Crippen molar-refractivity contribution < 1.29 is 13.9 Å². The Balaban J connectivity index is 1.85. The Hall–Kier alpha value is -3.26. The first-order chi connectivity index (χ1) is 12.7. The van der Waals surface area contributed by atoms with Crippen LogP contribution in [0.25, 0.3) is 28.5 Å². The molecule has 0 saturated heterocycles. The van der Waals surface area contributed by atoms with E-state index in [1.165, 1.54) is 18.4 Å². The molecular formula is C18H16FN5O2. The molecule has 132 valence electrons. The Morgan fingerprint density at radius 3 is 2.81 bits per heavy atom. The molecule has 1 atom stereocenters. The number of benzene rings is 1. The molecular weight excluding hydrogens is 337 g/mol. The lowest BCUT2D eigenvalue weighted by Crippen LogP contribution is -2.20. The fraction of sp³-hybridized carbons (Fsp3) is 0.167. The summed E-state index contributed by atoms with van der Waals surface area (Å²) in [4.78, 5) is 13.2. The summed E-state index contributed by atoms with van der Waals surface area (Å²) in [7, 11) is 0. The van der Waals surface area contributed by atoms with E-state index in [0.717, 1.165) is 5.56 Å². The minimum Gasteiger partial charge on any atom is -0.432 e. The van der Waals surface area contributed by atoms with Gasteiger partial charge in [0.05, 0.1) is 12.3 Å². The van der Waals surface area contributed by atoms with E-state index in [-0.39, 0.29) is 18.5 Å². The number of hydrogen-bond acceptors (Lipinski definition) is 6. The SMILES string of the molecule is C[C@H](CO)Nc1nccc(-c2c(-c3ccc(F)cc3)nc3occn23)n1. The van der Waals surface area contributed by atoms with Crippen LogP contribution in [0.3, 0.4) is 0 Å². The molecule has 3 heterocycles. The first kappa shape index (κ1) is 16.2. The summed E-state index contributed by atoms with van der Waals surface area (Å²) < 4.78 is 20.5. The number of aliphatic hydroxyl groups excluding tert-OH is 1. The standard InChI is InChI=1S/C18H16FN5O2/c1-11(10-25)21-17-20-7-6-14(22-17)16-15(12-2-4-13(19)5-3-12)23-18-24(16)8-9-26-18/h2-9,11,25H,10H2,1H3,(H,20,21,22)/t11-/m1/s1. The fourth-order valence-electron chi connectivity index (χ4n) is 2.67. The molecule has 0 unspecified atom stereocenters. The predicted octanol–water partition coefficient (Wildman–Crippen LogP) is 2.98. The number of nitrogens with one attached hydrogen (secondary N) is 1. The van der Waals surface area contributed by atoms with Crippen LogP contribution in [0.5, 0.6) is 0 Å². The Kier molecular flexibility index (Phi) is 4.10. The van der Waals surface area contributed by atoms with Gasteiger partial charge in [-0.3, -0.25) is 4.40 Å². The maximum Gasteiger partial charge on any atom is 0.306 e. The molecule has 0 aliphatic rings. The van der Waals surface area contributed by atoms with Gasteiger partial charge in [0.2, 0.25) is 5.95 Å². The maximum atomic E-state index is 13.3. The van der Waals surface area contributed by atoms with E-state index in [1.807, 2.05) is 6.92 Å². The summed E-state index contributed by atoms with van der Waals surface area (Å²) in [6.45, 7) is 1.79. The second kappa shape index (κ2) is 6.57. The van der Waals surface area contributed by atoms with E-state index in [0.29, 0.717) is 28.9 Å². The van der Waals surface area contributed by atoms with E-state index in [2.05, 4.69) is 20.3 Å². The Bertz CT molecular complexity index is 1040. The predicted molar refractivity (Wildman–Crippen MR) is 94.0 cm³/mol. The van der Waals surface area contributed by atoms with Gasteiger partial charge in [0.1, 0.15) is 23.5 Å². The van der Waals surface area contributed by atoms with Gasteiger partial charge in [0, 0.05) is 24.0 Å². The van der Waals surface area contributed by atoms with Gasteiger partial charge < -0.3 is 14.8 Å². The molecule has 3 aromatic heterocycles. The van der Waals surface area contributed by atoms with Crippen LogP contribution in [0.1, 0.15) is 6.92 Å². The van der Waals surface area contributed by atoms with Crippen LogP contribution in [0.2, 0.25) is 0 Å². The highest BCUT2D eigenvalue weighted by atomic mass is 19.1. The summed E-state index contributed by atoms with van der Waals surface area (Å²) in [6.07, 6.45) is 4.91. The van der Waals surface area contributed by atoms with Crippen LogP contribution in [0.4, 0.5) is 10.3 Å². The summed E-state index contributed by atoms with van der Waals surface area (Å²) in [5, 5.41) is 12.2. The third-order valence-corrected chi connectivity index (χ3v) is 3.93. The highest BCUT2D eigenvalue weighted by molar-refractivity contribution is 5.79. The Labute approximate surface area is 148 Å². The average Bonchev–Trinajstić information content (AvgIpc) is 3.23. The number of hydrogen-bond donors (Lipinski definition) is 2. The number of aliphatic hydroxyl groups is 1. The van der Waals surface area contributed by atoms with Crippen LogP contribution < -0.4 is 5.32 Å². The Morgan fingerprint density at radius 2 is 2.04 bits per heavy atom. The molecule has 1 aromatic carbocycles. The van der Waals surface area contributed by atoms with Gasteiger partial charge in [-0.25, -0.2) is 14.4 Å². The molecule has 0 fully saturated rings. The van der Waals surface area contributed by atoms with Gasteiger partial charge in [0.15, 0.2) is 0 Å². The van der Waals surface area contributed by atoms with Crippen LogP contribution in [-0.2, 0) is 0 Å². The molecule has 2 N–H and O–H groups in total. The van der Waals surface area contributed by atoms with E-state index >= 15 is 0 Å². The molecule has 7 nitrogen and oxygen atoms in total. The zero-order valence-corrected chi connectivity index (χ0v) is 13.9. The number of oxazole rings is 1. The molecule has 0 aliphatic heterocycles. The van der Waals surface area contributed by atoms with E-state index < -0.39 is 0 Å². The van der Waals surface area contributed by atoms with Crippen LogP contribution in [-0.4, -0.2) is 37.1 Å². The zero-order valence-electron chi connectivity index (χ0n) is 13.9. The van der Waals surface area contributed by atoms with Crippen molar-refractivity contribution in [3.8, 4) is 22.6 Å². The number of imidazole rings is 1. The number of nitrogens with zero attached hydrogens (tertiary/aromatic N) is 4. The average molecular weight is 353 g/mol. The van der Waals surface area contributed by atoms with Crippen molar-refractivity contribution >= 4 is 11.8 Å². The highest BCUT2D eigenvalue weighted by Gasteiger charge is 2.19. The molecule has 0 radical (unpaired) electrons. The first-order valence-electron chi connectivity index (χ1n) is 8.08. The number of aromatic nitrogens is 4. The topological polar surface area (TPSA) is 88.5 Å². The van der Waals surface area contributed by atoms with Gasteiger partial charge in [-0.15, -0.1) is 0 Å². The monoisotopic (exact) mass is 353 g/mol. The van der Waals surface area contributed by atoms with Crippen LogP contribution in [0, 0.1) is 5.82 Å². The van der Waals surface area contributed by atoms with E-state index in [9.17, 15) is 9.50 Å². The normalized spacial score (nSPS) is 12.4. The van der Waals surface area contributed by atoms with Crippen molar-refractivity contribution in [1.29, 1.82) is 0 Å². The Morgan fingerprint density at radius 1 is 1.23 bits per heavy atom. The van der Waals surface area contributed by atoms with Gasteiger partial charge in [-0.05, 0) is 37.3 Å². The summed E-state index contributed by atoms with van der Waals surface area (Å²) in [5.74, 6) is 0.494. The van der Waals surface area contributed by atoms with Crippen molar-refractivity contribution in [2.75, 3.05) is 11.9 Å². The lowest BCUT2D eigenvalue weighted by molar-refractivity contribution is 0.281. The molecule has 4 rings (SSSR count). The van der Waals surface area contributed by atoms with Gasteiger partial charge in [-0.1, -0.05) is 0 Å². The van der Waals surface area contributed by atoms with Crippen molar-refractivity contribution in [3.63, 3.8) is 0 Å². The summed E-state index contributed by atoms with van der Waals surface area (Å²) in [5.41, 5.74) is 2.71. The minimum absolute atomic E-state index is 0.0346. The largest absolute Gasteiger partial charge is 0.432 e. The van der Waals surface area contributed by atoms with Crippen LogP contribution >= 0.6 is 0 Å². The second-order valence-electron chi connectivity index (χ2n) is 5.86. The zero-order chi connectivity index (χ0) is 18.1. The van der Waals surface area contributed by atoms with Crippen molar-refractivity contribution in [2.24, 2.45) is 0 Å². The quantitative estimate of drug-likeness (QED) is 0.573. The number of anilines is 1. The lowest BCUT2D eigenvalue weighted by Gasteiger charge is -2.11. The van der Waals surface area contributed by atoms with Crippen LogP contribution in [0.15, 0.2) is 53.4 Å². The highest BCUT2D eigenvalue weighted by Crippen LogP contribution is 2.32. The molecule has 0 saturated carbocycles. The van der Waals surface area contributed by atoms with Crippen molar-refractivity contribution in [2.45, 2.75) is 13.0 Å². The molecule has 0 aliphatic carbocycles. The number of rotatable bonds is 5. The van der Waals surface area contributed by atoms with E-state index in [4.69, 9.17) is 4.42 Å². The molecule has 0 spiro atoms. The van der Waals surface area contributed by atoms with Gasteiger partial charge >= 0.3 is 5.84 Å². The van der Waals surface area contributed by atoms with Crippen molar-refractivity contribution in [3.05, 3.63) is 54.8 Å². The number of halogens is 1. The maximum absolute atomic E-state index is 13.3. The third-order valence-electron chi connectivity index (χ3n) is 3.93. The molecule has 8 heteroatoms. The summed E-state index contributed by atoms with van der Waals surface area (Å²) in [6, 6.07) is 7.68. The van der Waals surface area contributed by atoms with Crippen molar-refractivity contribution in [1.82, 2.24) is 19.4 Å². The second-order valence-corrected chi connectivity index (χ2v) is 5.86. The minimum atomic E-state index is -0.315.